The van der Waals surface area contributed by atoms with Gasteiger partial charge in [-0.15, -0.1) is 0 Å². The van der Waals surface area contributed by atoms with Crippen molar-refractivity contribution < 1.29 is 14.6 Å². The van der Waals surface area contributed by atoms with Gasteiger partial charge in [-0.2, -0.15) is 5.26 Å². The van der Waals surface area contributed by atoms with E-state index in [1.165, 1.54) is 0 Å². The predicted molar refractivity (Wildman–Crippen MR) is 107 cm³/mol. The maximum Gasteiger partial charge on any atom is 0.321 e. The van der Waals surface area contributed by atoms with E-state index in [1.54, 1.807) is 0 Å². The number of hydrogen-bond acceptors (Lipinski definition) is 3. The monoisotopic (exact) mass is 371 g/mol. The molecule has 0 aliphatic rings. The van der Waals surface area contributed by atoms with Crippen LogP contribution in [0.5, 0.6) is 5.75 Å². The summed E-state index contributed by atoms with van der Waals surface area (Å²) in [6.07, 6.45) is 0.466. The number of benzene rings is 3. The molecule has 0 aromatic heterocycles. The van der Waals surface area contributed by atoms with E-state index < -0.39 is 17.8 Å². The van der Waals surface area contributed by atoms with Gasteiger partial charge in [-0.1, -0.05) is 72.8 Å². The molecule has 4 heteroatoms. The normalized spacial score (nSPS) is 12.5. The Labute approximate surface area is 164 Å². The zero-order chi connectivity index (χ0) is 19.8. The third kappa shape index (κ3) is 4.99. The smallest absolute Gasteiger partial charge is 0.321 e. The second kappa shape index (κ2) is 9.38. The Balaban J connectivity index is 1.72. The molecule has 0 saturated heterocycles. The first-order valence-electron chi connectivity index (χ1n) is 9.10. The molecule has 0 saturated carbocycles. The third-order valence-corrected chi connectivity index (χ3v) is 4.66. The van der Waals surface area contributed by atoms with Gasteiger partial charge in [0.15, 0.2) is 5.92 Å². The zero-order valence-electron chi connectivity index (χ0n) is 15.4. The van der Waals surface area contributed by atoms with Crippen molar-refractivity contribution in [3.8, 4) is 11.8 Å². The fraction of sp³-hybridized carbons (Fsp3) is 0.167. The molecule has 0 radical (unpaired) electrons. The minimum Gasteiger partial charge on any atom is -0.489 e. The van der Waals surface area contributed by atoms with Crippen molar-refractivity contribution in [2.75, 3.05) is 0 Å². The van der Waals surface area contributed by atoms with Crippen LogP contribution < -0.4 is 4.74 Å². The fourth-order valence-electron chi connectivity index (χ4n) is 3.16. The minimum atomic E-state index is -1.10. The van der Waals surface area contributed by atoms with Gasteiger partial charge in [-0.05, 0) is 35.2 Å². The van der Waals surface area contributed by atoms with Gasteiger partial charge >= 0.3 is 5.97 Å². The number of carbonyl (C=O) groups is 1. The maximum absolute atomic E-state index is 11.6. The highest BCUT2D eigenvalue weighted by atomic mass is 16.5. The summed E-state index contributed by atoms with van der Waals surface area (Å²) in [5.41, 5.74) is 2.90. The van der Waals surface area contributed by atoms with Crippen molar-refractivity contribution in [2.24, 2.45) is 5.92 Å². The van der Waals surface area contributed by atoms with Crippen molar-refractivity contribution in [3.05, 3.63) is 102 Å². The topological polar surface area (TPSA) is 70.3 Å². The van der Waals surface area contributed by atoms with E-state index in [0.29, 0.717) is 13.0 Å². The highest BCUT2D eigenvalue weighted by Crippen LogP contribution is 2.29. The lowest BCUT2D eigenvalue weighted by atomic mass is 9.82. The molecule has 0 spiro atoms. The number of hydrogen-bond donors (Lipinski definition) is 1. The quantitative estimate of drug-likeness (QED) is 0.616. The van der Waals surface area contributed by atoms with E-state index in [2.05, 4.69) is 0 Å². The second-order valence-electron chi connectivity index (χ2n) is 6.58. The predicted octanol–water partition coefficient (Wildman–Crippen LogP) is 4.82. The van der Waals surface area contributed by atoms with Crippen LogP contribution >= 0.6 is 0 Å². The Morgan fingerprint density at radius 2 is 1.50 bits per heavy atom. The van der Waals surface area contributed by atoms with Gasteiger partial charge in [0.05, 0.1) is 6.07 Å². The number of nitrogens with zero attached hydrogens (tertiary/aromatic N) is 1. The van der Waals surface area contributed by atoms with Crippen LogP contribution in [0.15, 0.2) is 84.9 Å². The molecular weight excluding hydrogens is 350 g/mol. The first-order chi connectivity index (χ1) is 13.7. The first-order valence-corrected chi connectivity index (χ1v) is 9.10. The van der Waals surface area contributed by atoms with E-state index in [-0.39, 0.29) is 0 Å². The Hall–Kier alpha value is -3.58. The van der Waals surface area contributed by atoms with E-state index in [0.717, 1.165) is 22.4 Å². The number of ether oxygens (including phenoxy) is 1. The molecule has 3 aromatic rings. The first kappa shape index (κ1) is 19.2. The third-order valence-electron chi connectivity index (χ3n) is 4.66. The number of carboxylic acid groups (broad SMARTS) is 1. The van der Waals surface area contributed by atoms with Gasteiger partial charge in [0, 0.05) is 5.92 Å². The molecule has 2 unspecified atom stereocenters. The van der Waals surface area contributed by atoms with Crippen LogP contribution in [0.3, 0.4) is 0 Å². The van der Waals surface area contributed by atoms with Crippen molar-refractivity contribution in [1.82, 2.24) is 0 Å². The molecule has 0 heterocycles. The lowest BCUT2D eigenvalue weighted by Gasteiger charge is -2.20. The zero-order valence-corrected chi connectivity index (χ0v) is 15.4. The van der Waals surface area contributed by atoms with Crippen molar-refractivity contribution in [1.29, 1.82) is 5.26 Å². The van der Waals surface area contributed by atoms with E-state index in [4.69, 9.17) is 4.74 Å². The summed E-state index contributed by atoms with van der Waals surface area (Å²) in [5, 5.41) is 18.8. The molecular formula is C24H21NO3. The summed E-state index contributed by atoms with van der Waals surface area (Å²) in [7, 11) is 0. The molecule has 0 amide bonds. The highest BCUT2D eigenvalue weighted by molar-refractivity contribution is 5.74. The molecule has 3 rings (SSSR count). The van der Waals surface area contributed by atoms with Crippen LogP contribution in [-0.2, 0) is 17.8 Å². The average Bonchev–Trinajstić information content (AvgIpc) is 2.74. The van der Waals surface area contributed by atoms with Crippen LogP contribution in [-0.4, -0.2) is 11.1 Å². The van der Waals surface area contributed by atoms with Gasteiger partial charge in [-0.3, -0.25) is 4.79 Å². The van der Waals surface area contributed by atoms with Gasteiger partial charge < -0.3 is 9.84 Å². The molecule has 1 N–H and O–H groups in total. The Kier molecular flexibility index (Phi) is 6.43. The summed E-state index contributed by atoms with van der Waals surface area (Å²) >= 11 is 0. The van der Waals surface area contributed by atoms with Crippen molar-refractivity contribution >= 4 is 5.97 Å². The molecule has 28 heavy (non-hydrogen) atoms. The largest absolute Gasteiger partial charge is 0.489 e. The minimum absolute atomic E-state index is 0.417. The summed E-state index contributed by atoms with van der Waals surface area (Å²) in [4.78, 5) is 11.6. The molecule has 0 bridgehead atoms. The van der Waals surface area contributed by atoms with E-state index in [9.17, 15) is 15.2 Å². The van der Waals surface area contributed by atoms with Crippen molar-refractivity contribution in [3.63, 3.8) is 0 Å². The lowest BCUT2D eigenvalue weighted by molar-refractivity contribution is -0.140. The van der Waals surface area contributed by atoms with Gasteiger partial charge in [0.1, 0.15) is 12.4 Å². The number of carboxylic acids is 1. The molecule has 2 atom stereocenters. The van der Waals surface area contributed by atoms with Gasteiger partial charge in [0.2, 0.25) is 0 Å². The van der Waals surface area contributed by atoms with Crippen LogP contribution in [0, 0.1) is 17.2 Å². The van der Waals surface area contributed by atoms with E-state index >= 15 is 0 Å². The molecule has 4 nitrogen and oxygen atoms in total. The van der Waals surface area contributed by atoms with Crippen LogP contribution in [0.4, 0.5) is 0 Å². The lowest BCUT2D eigenvalue weighted by Crippen LogP contribution is -2.22. The summed E-state index contributed by atoms with van der Waals surface area (Å²) in [5.74, 6) is -1.87. The molecule has 0 fully saturated rings. The van der Waals surface area contributed by atoms with Crippen LogP contribution in [0.1, 0.15) is 22.6 Å². The Bertz CT molecular complexity index is 931. The molecule has 0 aliphatic heterocycles. The standard InChI is InChI=1S/C24H21NO3/c25-16-23(24(26)27)22(20-9-5-2-6-10-20)15-18-11-13-21(14-12-18)28-17-19-7-3-1-4-8-19/h1-14,22-23H,15,17H2,(H,26,27). The second-order valence-corrected chi connectivity index (χ2v) is 6.58. The number of aliphatic carboxylic acids is 1. The van der Waals surface area contributed by atoms with Crippen molar-refractivity contribution in [2.45, 2.75) is 18.9 Å². The van der Waals surface area contributed by atoms with Gasteiger partial charge in [0.25, 0.3) is 0 Å². The van der Waals surface area contributed by atoms with Crippen LogP contribution in [0.2, 0.25) is 0 Å². The molecule has 3 aromatic carbocycles. The molecule has 140 valence electrons. The summed E-state index contributed by atoms with van der Waals surface area (Å²) in [6, 6.07) is 28.8. The van der Waals surface area contributed by atoms with Crippen LogP contribution in [0.25, 0.3) is 0 Å². The van der Waals surface area contributed by atoms with E-state index in [1.807, 2.05) is 91.0 Å². The average molecular weight is 371 g/mol. The Morgan fingerprint density at radius 1 is 0.893 bits per heavy atom. The number of nitriles is 1. The molecule has 0 aliphatic carbocycles. The number of rotatable bonds is 8. The summed E-state index contributed by atoms with van der Waals surface area (Å²) in [6.45, 7) is 0.488. The Morgan fingerprint density at radius 3 is 2.07 bits per heavy atom. The SMILES string of the molecule is N#CC(C(=O)O)C(Cc1ccc(OCc2ccccc2)cc1)c1ccccc1. The summed E-state index contributed by atoms with van der Waals surface area (Å²) < 4.78 is 5.80. The van der Waals surface area contributed by atoms with Gasteiger partial charge in [-0.25, -0.2) is 0 Å². The fourth-order valence-corrected chi connectivity index (χ4v) is 3.16. The highest BCUT2D eigenvalue weighted by Gasteiger charge is 2.29. The maximum atomic E-state index is 11.6.